The van der Waals surface area contributed by atoms with Gasteiger partial charge in [0.2, 0.25) is 11.8 Å². The number of Topliss-reactive ketones (excluding diaryl/α,β-unsaturated/α-hetero) is 2. The minimum Gasteiger partial charge on any atom is -0.349 e. The third-order valence-electron chi connectivity index (χ3n) is 5.47. The number of benzene rings is 3. The maximum Gasteiger partial charge on any atom is 0.217 e. The monoisotopic (exact) mass is 456 g/mol. The number of nitrogens with one attached hydrogen (secondary N) is 2. The number of amides is 2. The summed E-state index contributed by atoms with van der Waals surface area (Å²) in [6.07, 6.45) is 0.231. The van der Waals surface area contributed by atoms with Crippen LogP contribution in [0, 0.1) is 0 Å². The maximum absolute atomic E-state index is 12.7. The minimum atomic E-state index is -0.496. The fraction of sp³-hybridized carbons (Fsp3) is 0.214. The van der Waals surface area contributed by atoms with Crippen molar-refractivity contribution in [3.05, 3.63) is 107 Å². The molecule has 0 bridgehead atoms. The van der Waals surface area contributed by atoms with Crippen LogP contribution in [0.5, 0.6) is 0 Å². The Hall–Kier alpha value is -4.06. The molecule has 0 saturated heterocycles. The molecule has 0 saturated carbocycles. The Kier molecular flexibility index (Phi) is 8.46. The molecule has 0 radical (unpaired) electrons. The van der Waals surface area contributed by atoms with Gasteiger partial charge in [-0.2, -0.15) is 0 Å². The van der Waals surface area contributed by atoms with Gasteiger partial charge < -0.3 is 10.6 Å². The van der Waals surface area contributed by atoms with E-state index in [1.807, 2.05) is 36.4 Å². The molecule has 2 atom stereocenters. The van der Waals surface area contributed by atoms with Gasteiger partial charge in [0.25, 0.3) is 0 Å². The van der Waals surface area contributed by atoms with E-state index in [-0.39, 0.29) is 36.2 Å². The zero-order valence-electron chi connectivity index (χ0n) is 19.3. The molecule has 0 aliphatic heterocycles. The van der Waals surface area contributed by atoms with Gasteiger partial charge in [-0.1, -0.05) is 84.9 Å². The van der Waals surface area contributed by atoms with Gasteiger partial charge in [0, 0.05) is 37.8 Å². The summed E-state index contributed by atoms with van der Waals surface area (Å²) in [4.78, 5) is 49.0. The Balaban J connectivity index is 1.80. The van der Waals surface area contributed by atoms with Gasteiger partial charge in [-0.15, -0.1) is 0 Å². The summed E-state index contributed by atoms with van der Waals surface area (Å²) in [6, 6.07) is 24.1. The molecule has 3 aromatic carbocycles. The lowest BCUT2D eigenvalue weighted by Gasteiger charge is -2.21. The first kappa shape index (κ1) is 24.6. The highest BCUT2D eigenvalue weighted by atomic mass is 16.2. The van der Waals surface area contributed by atoms with E-state index in [1.54, 1.807) is 48.5 Å². The van der Waals surface area contributed by atoms with E-state index >= 15 is 0 Å². The molecule has 2 unspecified atom stereocenters. The van der Waals surface area contributed by atoms with Crippen LogP contribution < -0.4 is 10.6 Å². The molecule has 2 amide bonds. The lowest BCUT2D eigenvalue weighted by molar-refractivity contribution is -0.120. The third kappa shape index (κ3) is 6.97. The molecule has 34 heavy (non-hydrogen) atoms. The summed E-state index contributed by atoms with van der Waals surface area (Å²) >= 11 is 0. The normalized spacial score (nSPS) is 12.3. The summed E-state index contributed by atoms with van der Waals surface area (Å²) in [5.41, 5.74) is 2.69. The van der Waals surface area contributed by atoms with Gasteiger partial charge >= 0.3 is 0 Å². The lowest BCUT2D eigenvalue weighted by atomic mass is 9.93. The van der Waals surface area contributed by atoms with Crippen molar-refractivity contribution < 1.29 is 19.2 Å². The van der Waals surface area contributed by atoms with Crippen molar-refractivity contribution >= 4 is 23.4 Å². The van der Waals surface area contributed by atoms with Crippen LogP contribution in [-0.2, 0) is 9.59 Å². The quantitative estimate of drug-likeness (QED) is 0.437. The van der Waals surface area contributed by atoms with Crippen LogP contribution in [-0.4, -0.2) is 23.4 Å². The SMILES string of the molecule is CC(=O)NC(CC(=O)c1ccccc1)c1ccc(C(CC(=O)c2ccccc2)NC(C)=O)cc1. The summed E-state index contributed by atoms with van der Waals surface area (Å²) in [5.74, 6) is -0.625. The van der Waals surface area contributed by atoms with E-state index in [9.17, 15) is 19.2 Å². The van der Waals surface area contributed by atoms with Crippen LogP contribution in [0.3, 0.4) is 0 Å². The number of carbonyl (C=O) groups is 4. The zero-order chi connectivity index (χ0) is 24.5. The molecule has 2 N–H and O–H groups in total. The predicted octanol–water partition coefficient (Wildman–Crippen LogP) is 4.59. The first-order valence-electron chi connectivity index (χ1n) is 11.1. The number of rotatable bonds is 10. The Morgan fingerprint density at radius 1 is 0.559 bits per heavy atom. The van der Waals surface area contributed by atoms with Crippen LogP contribution in [0.15, 0.2) is 84.9 Å². The zero-order valence-corrected chi connectivity index (χ0v) is 19.3. The Morgan fingerprint density at radius 2 is 0.882 bits per heavy atom. The van der Waals surface area contributed by atoms with Gasteiger partial charge in [0.15, 0.2) is 11.6 Å². The second-order valence-corrected chi connectivity index (χ2v) is 8.16. The molecular formula is C28H28N2O4. The fourth-order valence-corrected chi connectivity index (χ4v) is 3.81. The molecule has 0 spiro atoms. The summed E-state index contributed by atoms with van der Waals surface area (Å²) in [5, 5.41) is 5.70. The van der Waals surface area contributed by atoms with Crippen LogP contribution >= 0.6 is 0 Å². The van der Waals surface area contributed by atoms with Crippen molar-refractivity contribution in [2.24, 2.45) is 0 Å². The first-order valence-corrected chi connectivity index (χ1v) is 11.1. The minimum absolute atomic E-state index is 0.0759. The Bertz CT molecular complexity index is 1050. The van der Waals surface area contributed by atoms with E-state index in [4.69, 9.17) is 0 Å². The van der Waals surface area contributed by atoms with Crippen molar-refractivity contribution in [3.63, 3.8) is 0 Å². The Labute approximate surface area is 199 Å². The van der Waals surface area contributed by atoms with E-state index < -0.39 is 12.1 Å². The Morgan fingerprint density at radius 3 is 1.18 bits per heavy atom. The standard InChI is InChI=1S/C28H28N2O4/c1-19(31)29-25(17-27(33)23-9-5-3-6-10-23)21-13-15-22(16-14-21)26(30-20(2)32)18-28(34)24-11-7-4-8-12-24/h3-16,25-26H,17-18H2,1-2H3,(H,29,31)(H,30,32). The van der Waals surface area contributed by atoms with Crippen molar-refractivity contribution in [2.75, 3.05) is 0 Å². The largest absolute Gasteiger partial charge is 0.349 e. The summed E-state index contributed by atoms with van der Waals surface area (Å²) < 4.78 is 0. The van der Waals surface area contributed by atoms with Crippen molar-refractivity contribution in [3.8, 4) is 0 Å². The average molecular weight is 457 g/mol. The summed E-state index contributed by atoms with van der Waals surface area (Å²) in [6.45, 7) is 2.83. The second kappa shape index (κ2) is 11.7. The van der Waals surface area contributed by atoms with Gasteiger partial charge in [-0.25, -0.2) is 0 Å². The highest BCUT2D eigenvalue weighted by Gasteiger charge is 2.21. The van der Waals surface area contributed by atoms with Crippen LogP contribution in [0.2, 0.25) is 0 Å². The molecule has 3 rings (SSSR count). The molecule has 174 valence electrons. The summed E-state index contributed by atoms with van der Waals surface area (Å²) in [7, 11) is 0. The smallest absolute Gasteiger partial charge is 0.217 e. The highest BCUT2D eigenvalue weighted by Crippen LogP contribution is 2.24. The topological polar surface area (TPSA) is 92.3 Å². The van der Waals surface area contributed by atoms with Crippen molar-refractivity contribution in [2.45, 2.75) is 38.8 Å². The molecular weight excluding hydrogens is 428 g/mol. The molecule has 6 heteroatoms. The van der Waals surface area contributed by atoms with Crippen LogP contribution in [0.1, 0.15) is 70.6 Å². The lowest BCUT2D eigenvalue weighted by Crippen LogP contribution is -2.29. The van der Waals surface area contributed by atoms with Gasteiger partial charge in [0.1, 0.15) is 0 Å². The van der Waals surface area contributed by atoms with E-state index in [1.165, 1.54) is 13.8 Å². The molecule has 6 nitrogen and oxygen atoms in total. The molecule has 0 aliphatic rings. The molecule has 3 aromatic rings. The second-order valence-electron chi connectivity index (χ2n) is 8.16. The van der Waals surface area contributed by atoms with Crippen molar-refractivity contribution in [1.29, 1.82) is 0 Å². The average Bonchev–Trinajstić information content (AvgIpc) is 2.84. The van der Waals surface area contributed by atoms with E-state index in [0.29, 0.717) is 11.1 Å². The number of hydrogen-bond donors (Lipinski definition) is 2. The molecule has 0 aliphatic carbocycles. The molecule has 0 aromatic heterocycles. The molecule has 0 fully saturated rings. The van der Waals surface area contributed by atoms with Crippen LogP contribution in [0.25, 0.3) is 0 Å². The van der Waals surface area contributed by atoms with Crippen molar-refractivity contribution in [1.82, 2.24) is 10.6 Å². The molecule has 0 heterocycles. The third-order valence-corrected chi connectivity index (χ3v) is 5.47. The maximum atomic E-state index is 12.7. The number of ketones is 2. The first-order chi connectivity index (χ1) is 16.3. The number of carbonyl (C=O) groups excluding carboxylic acids is 4. The number of hydrogen-bond acceptors (Lipinski definition) is 4. The van der Waals surface area contributed by atoms with E-state index in [2.05, 4.69) is 10.6 Å². The van der Waals surface area contributed by atoms with Gasteiger partial charge in [0.05, 0.1) is 12.1 Å². The fourth-order valence-electron chi connectivity index (χ4n) is 3.81. The highest BCUT2D eigenvalue weighted by molar-refractivity contribution is 5.97. The van der Waals surface area contributed by atoms with E-state index in [0.717, 1.165) is 11.1 Å². The van der Waals surface area contributed by atoms with Gasteiger partial charge in [-0.05, 0) is 11.1 Å². The van der Waals surface area contributed by atoms with Gasteiger partial charge in [-0.3, -0.25) is 19.2 Å². The predicted molar refractivity (Wildman–Crippen MR) is 130 cm³/mol. The van der Waals surface area contributed by atoms with Crippen LogP contribution in [0.4, 0.5) is 0 Å².